The summed E-state index contributed by atoms with van der Waals surface area (Å²) in [6.45, 7) is 3.29. The first-order valence-corrected chi connectivity index (χ1v) is 7.90. The monoisotopic (exact) mass is 389 g/mol. The number of amides is 3. The second-order valence-corrected chi connectivity index (χ2v) is 5.99. The Kier molecular flexibility index (Phi) is 5.70. The highest BCUT2D eigenvalue weighted by Crippen LogP contribution is 2.20. The Balaban J connectivity index is 1.97. The highest BCUT2D eigenvalue weighted by molar-refractivity contribution is 9.10. The van der Waals surface area contributed by atoms with Gasteiger partial charge < -0.3 is 16.0 Å². The highest BCUT2D eigenvalue weighted by Gasteiger charge is 2.14. The van der Waals surface area contributed by atoms with Crippen LogP contribution < -0.4 is 16.0 Å². The molecule has 0 saturated carbocycles. The van der Waals surface area contributed by atoms with E-state index in [9.17, 15) is 14.4 Å². The van der Waals surface area contributed by atoms with E-state index in [2.05, 4.69) is 31.9 Å². The van der Waals surface area contributed by atoms with Crippen LogP contribution in [0.1, 0.15) is 12.5 Å². The molecule has 0 aliphatic carbocycles. The third-order valence-electron chi connectivity index (χ3n) is 3.09. The molecular formula is C17H16BrN3O3. The summed E-state index contributed by atoms with van der Waals surface area (Å²) >= 11 is 3.37. The molecule has 0 atom stereocenters. The van der Waals surface area contributed by atoms with Gasteiger partial charge in [-0.2, -0.15) is 0 Å². The first-order valence-electron chi connectivity index (χ1n) is 7.11. The summed E-state index contributed by atoms with van der Waals surface area (Å²) in [7, 11) is 0. The van der Waals surface area contributed by atoms with Crippen LogP contribution in [0.3, 0.4) is 0 Å². The van der Waals surface area contributed by atoms with E-state index in [0.717, 1.165) is 10.0 Å². The number of hydrogen-bond donors (Lipinski definition) is 3. The number of aryl methyl sites for hydroxylation is 1. The maximum Gasteiger partial charge on any atom is 0.314 e. The molecule has 124 valence electrons. The minimum Gasteiger partial charge on any atom is -0.326 e. The van der Waals surface area contributed by atoms with Crippen molar-refractivity contribution in [1.82, 2.24) is 0 Å². The van der Waals surface area contributed by atoms with E-state index >= 15 is 0 Å². The number of anilines is 3. The molecule has 3 amide bonds. The Morgan fingerprint density at radius 3 is 1.75 bits per heavy atom. The summed E-state index contributed by atoms with van der Waals surface area (Å²) in [5.41, 5.74) is 2.55. The zero-order chi connectivity index (χ0) is 17.7. The number of halogens is 1. The molecular weight excluding hydrogens is 374 g/mol. The minimum atomic E-state index is -0.775. The summed E-state index contributed by atoms with van der Waals surface area (Å²) in [4.78, 5) is 34.8. The van der Waals surface area contributed by atoms with E-state index in [-0.39, 0.29) is 5.91 Å². The van der Waals surface area contributed by atoms with Crippen LogP contribution in [-0.2, 0) is 14.4 Å². The Morgan fingerprint density at radius 1 is 0.792 bits per heavy atom. The topological polar surface area (TPSA) is 87.3 Å². The molecule has 0 aromatic heterocycles. The fourth-order valence-corrected chi connectivity index (χ4v) is 2.18. The first kappa shape index (κ1) is 17.7. The molecule has 0 aliphatic heterocycles. The van der Waals surface area contributed by atoms with Crippen LogP contribution in [0.25, 0.3) is 0 Å². The predicted octanol–water partition coefficient (Wildman–Crippen LogP) is 3.29. The molecule has 0 unspecified atom stereocenters. The van der Waals surface area contributed by atoms with Crippen LogP contribution in [-0.4, -0.2) is 17.7 Å². The largest absolute Gasteiger partial charge is 0.326 e. The summed E-state index contributed by atoms with van der Waals surface area (Å²) in [6, 6.07) is 11.7. The van der Waals surface area contributed by atoms with E-state index < -0.39 is 11.8 Å². The summed E-state index contributed by atoms with van der Waals surface area (Å²) in [5, 5.41) is 7.65. The molecule has 3 N–H and O–H groups in total. The molecule has 0 heterocycles. The van der Waals surface area contributed by atoms with Crippen molar-refractivity contribution >= 4 is 50.7 Å². The number of benzene rings is 2. The average Bonchev–Trinajstić information content (AvgIpc) is 2.52. The Hall–Kier alpha value is -2.67. The Bertz CT molecular complexity index is 788. The Labute approximate surface area is 147 Å². The normalized spacial score (nSPS) is 9.96. The van der Waals surface area contributed by atoms with Crippen molar-refractivity contribution in [2.75, 3.05) is 16.0 Å². The standard InChI is InChI=1S/C17H16BrN3O3/c1-10-9-14(7-8-15(10)18)21-17(24)16(23)20-13-5-3-12(4-6-13)19-11(2)22/h3-9H,1-2H3,(H,19,22)(H,20,23)(H,21,24). The van der Waals surface area contributed by atoms with Crippen LogP contribution in [0.15, 0.2) is 46.9 Å². The lowest BCUT2D eigenvalue weighted by molar-refractivity contribution is -0.132. The van der Waals surface area contributed by atoms with Crippen molar-refractivity contribution < 1.29 is 14.4 Å². The maximum atomic E-state index is 11.9. The molecule has 0 bridgehead atoms. The number of carbonyl (C=O) groups excluding carboxylic acids is 3. The third kappa shape index (κ3) is 4.92. The van der Waals surface area contributed by atoms with Crippen LogP contribution in [0.2, 0.25) is 0 Å². The molecule has 2 aromatic rings. The van der Waals surface area contributed by atoms with Gasteiger partial charge in [-0.15, -0.1) is 0 Å². The van der Waals surface area contributed by atoms with Gasteiger partial charge in [0.25, 0.3) is 0 Å². The van der Waals surface area contributed by atoms with Crippen LogP contribution in [0.5, 0.6) is 0 Å². The van der Waals surface area contributed by atoms with Gasteiger partial charge in [0.05, 0.1) is 0 Å². The SMILES string of the molecule is CC(=O)Nc1ccc(NC(=O)C(=O)Nc2ccc(Br)c(C)c2)cc1. The van der Waals surface area contributed by atoms with Crippen molar-refractivity contribution in [3.8, 4) is 0 Å². The number of hydrogen-bond acceptors (Lipinski definition) is 3. The molecule has 24 heavy (non-hydrogen) atoms. The van der Waals surface area contributed by atoms with E-state index in [1.807, 2.05) is 6.92 Å². The van der Waals surface area contributed by atoms with Crippen molar-refractivity contribution in [2.24, 2.45) is 0 Å². The van der Waals surface area contributed by atoms with Gasteiger partial charge in [-0.05, 0) is 55.0 Å². The van der Waals surface area contributed by atoms with Crippen LogP contribution in [0.4, 0.5) is 17.1 Å². The second-order valence-electron chi connectivity index (χ2n) is 5.13. The fraction of sp³-hybridized carbons (Fsp3) is 0.118. The highest BCUT2D eigenvalue weighted by atomic mass is 79.9. The van der Waals surface area contributed by atoms with Gasteiger partial charge >= 0.3 is 11.8 Å². The molecule has 2 rings (SSSR count). The van der Waals surface area contributed by atoms with Gasteiger partial charge in [0.2, 0.25) is 5.91 Å². The zero-order valence-corrected chi connectivity index (χ0v) is 14.7. The van der Waals surface area contributed by atoms with Crippen LogP contribution >= 0.6 is 15.9 Å². The first-order chi connectivity index (χ1) is 11.3. The smallest absolute Gasteiger partial charge is 0.314 e. The summed E-state index contributed by atoms with van der Waals surface area (Å²) in [6.07, 6.45) is 0. The predicted molar refractivity (Wildman–Crippen MR) is 96.9 cm³/mol. The van der Waals surface area contributed by atoms with E-state index in [0.29, 0.717) is 17.1 Å². The fourth-order valence-electron chi connectivity index (χ4n) is 1.94. The summed E-state index contributed by atoms with van der Waals surface area (Å²) in [5.74, 6) is -1.72. The molecule has 0 aliphatic rings. The third-order valence-corrected chi connectivity index (χ3v) is 3.97. The van der Waals surface area contributed by atoms with Gasteiger partial charge in [-0.3, -0.25) is 14.4 Å². The van der Waals surface area contributed by atoms with Gasteiger partial charge in [0.1, 0.15) is 0 Å². The van der Waals surface area contributed by atoms with Gasteiger partial charge in [0.15, 0.2) is 0 Å². The maximum absolute atomic E-state index is 11.9. The van der Waals surface area contributed by atoms with Crippen LogP contribution in [0, 0.1) is 6.92 Å². The summed E-state index contributed by atoms with van der Waals surface area (Å²) < 4.78 is 0.921. The number of nitrogens with one attached hydrogen (secondary N) is 3. The van der Waals surface area contributed by atoms with Crippen molar-refractivity contribution in [3.63, 3.8) is 0 Å². The average molecular weight is 390 g/mol. The van der Waals surface area contributed by atoms with Gasteiger partial charge in [-0.25, -0.2) is 0 Å². The van der Waals surface area contributed by atoms with E-state index in [1.54, 1.807) is 42.5 Å². The lowest BCUT2D eigenvalue weighted by Gasteiger charge is -2.08. The molecule has 7 heteroatoms. The zero-order valence-electron chi connectivity index (χ0n) is 13.1. The van der Waals surface area contributed by atoms with Crippen molar-refractivity contribution in [2.45, 2.75) is 13.8 Å². The lowest BCUT2D eigenvalue weighted by atomic mass is 10.2. The van der Waals surface area contributed by atoms with Crippen molar-refractivity contribution in [3.05, 3.63) is 52.5 Å². The van der Waals surface area contributed by atoms with Gasteiger partial charge in [0, 0.05) is 28.5 Å². The lowest BCUT2D eigenvalue weighted by Crippen LogP contribution is -2.29. The van der Waals surface area contributed by atoms with E-state index in [4.69, 9.17) is 0 Å². The second kappa shape index (κ2) is 7.74. The molecule has 0 spiro atoms. The molecule has 2 aromatic carbocycles. The molecule has 0 saturated heterocycles. The van der Waals surface area contributed by atoms with Crippen molar-refractivity contribution in [1.29, 1.82) is 0 Å². The minimum absolute atomic E-state index is 0.184. The van der Waals surface area contributed by atoms with E-state index in [1.165, 1.54) is 6.92 Å². The number of carbonyl (C=O) groups is 3. The quantitative estimate of drug-likeness (QED) is 0.703. The Morgan fingerprint density at radius 2 is 1.25 bits per heavy atom. The number of rotatable bonds is 3. The molecule has 0 radical (unpaired) electrons. The van der Waals surface area contributed by atoms with Gasteiger partial charge in [-0.1, -0.05) is 15.9 Å². The molecule has 0 fully saturated rings. The molecule has 6 nitrogen and oxygen atoms in total.